The van der Waals surface area contributed by atoms with Crippen LogP contribution in [0.2, 0.25) is 0 Å². The van der Waals surface area contributed by atoms with Crippen molar-refractivity contribution in [3.63, 3.8) is 0 Å². The summed E-state index contributed by atoms with van der Waals surface area (Å²) in [7, 11) is -3.75. The fourth-order valence-electron chi connectivity index (χ4n) is 5.89. The lowest BCUT2D eigenvalue weighted by Crippen LogP contribution is -2.60. The molecular formula is C21H28N2O4S. The molecule has 4 aliphatic rings. The molecule has 1 aromatic rings. The average Bonchev–Trinajstić information content (AvgIpc) is 2.60. The molecule has 4 bridgehead atoms. The molecule has 4 aliphatic carbocycles. The molecule has 2 N–H and O–H groups in total. The number of carbonyl (C=O) groups excluding carboxylic acids is 2. The van der Waals surface area contributed by atoms with Crippen LogP contribution in [0.1, 0.15) is 62.2 Å². The molecule has 6 nitrogen and oxygen atoms in total. The Morgan fingerprint density at radius 2 is 1.68 bits per heavy atom. The van der Waals surface area contributed by atoms with E-state index in [4.69, 9.17) is 0 Å². The highest BCUT2D eigenvalue weighted by Gasteiger charge is 2.51. The summed E-state index contributed by atoms with van der Waals surface area (Å²) in [5.74, 6) is 1.98. The standard InChI is InChI=1S/C21H28N2O4S/c1-14(24)18-3-2-4-19(10-18)28(26,27)22-6-5-20(25)23-21-11-15-7-16(12-21)9-17(8-15)13-21/h2-4,10,15-17,22H,5-9,11-13H2,1H3,(H,23,25). The van der Waals surface area contributed by atoms with Gasteiger partial charge in [0.15, 0.2) is 5.78 Å². The summed E-state index contributed by atoms with van der Waals surface area (Å²) in [6.45, 7) is 1.44. The van der Waals surface area contributed by atoms with Gasteiger partial charge in [0.25, 0.3) is 0 Å². The minimum atomic E-state index is -3.75. The smallest absolute Gasteiger partial charge is 0.240 e. The third-order valence-electron chi connectivity index (χ3n) is 6.64. The topological polar surface area (TPSA) is 92.3 Å². The van der Waals surface area contributed by atoms with Crippen LogP contribution >= 0.6 is 0 Å². The number of rotatable bonds is 7. The van der Waals surface area contributed by atoms with Gasteiger partial charge in [-0.1, -0.05) is 12.1 Å². The molecule has 1 aromatic carbocycles. The predicted molar refractivity (Wildman–Crippen MR) is 105 cm³/mol. The number of hydrogen-bond donors (Lipinski definition) is 2. The number of amides is 1. The predicted octanol–water partition coefficient (Wildman–Crippen LogP) is 2.64. The first-order valence-electron chi connectivity index (χ1n) is 10.2. The Bertz CT molecular complexity index is 858. The van der Waals surface area contributed by atoms with Gasteiger partial charge >= 0.3 is 0 Å². The maximum Gasteiger partial charge on any atom is 0.240 e. The highest BCUT2D eigenvalue weighted by atomic mass is 32.2. The summed E-state index contributed by atoms with van der Waals surface area (Å²) in [5, 5.41) is 3.26. The first-order chi connectivity index (χ1) is 13.2. The van der Waals surface area contributed by atoms with Crippen molar-refractivity contribution in [2.45, 2.75) is 62.3 Å². The van der Waals surface area contributed by atoms with Crippen LogP contribution in [0.4, 0.5) is 0 Å². The number of benzene rings is 1. The molecule has 0 saturated heterocycles. The number of hydrogen-bond acceptors (Lipinski definition) is 4. The summed E-state index contributed by atoms with van der Waals surface area (Å²) < 4.78 is 27.4. The van der Waals surface area contributed by atoms with E-state index in [1.54, 1.807) is 12.1 Å². The molecule has 4 fully saturated rings. The number of ketones is 1. The average molecular weight is 405 g/mol. The zero-order valence-corrected chi connectivity index (χ0v) is 17.1. The molecule has 0 atom stereocenters. The first kappa shape index (κ1) is 19.6. The van der Waals surface area contributed by atoms with Crippen molar-refractivity contribution < 1.29 is 18.0 Å². The van der Waals surface area contributed by atoms with Gasteiger partial charge in [0, 0.05) is 24.1 Å². The summed E-state index contributed by atoms with van der Waals surface area (Å²) in [6, 6.07) is 5.94. The lowest BCUT2D eigenvalue weighted by molar-refractivity contribution is -0.126. The van der Waals surface area contributed by atoms with Gasteiger partial charge in [-0.05, 0) is 75.3 Å². The van der Waals surface area contributed by atoms with E-state index in [1.165, 1.54) is 38.3 Å². The second-order valence-corrected chi connectivity index (χ2v) is 10.7. The molecule has 0 spiro atoms. The van der Waals surface area contributed by atoms with Gasteiger partial charge in [-0.2, -0.15) is 0 Å². The van der Waals surface area contributed by atoms with E-state index >= 15 is 0 Å². The van der Waals surface area contributed by atoms with E-state index in [0.29, 0.717) is 5.56 Å². The van der Waals surface area contributed by atoms with Crippen LogP contribution in [0.5, 0.6) is 0 Å². The van der Waals surface area contributed by atoms with Gasteiger partial charge in [-0.25, -0.2) is 13.1 Å². The minimum Gasteiger partial charge on any atom is -0.351 e. The highest BCUT2D eigenvalue weighted by molar-refractivity contribution is 7.89. The fourth-order valence-corrected chi connectivity index (χ4v) is 6.96. The molecule has 0 aromatic heterocycles. The summed E-state index contributed by atoms with van der Waals surface area (Å²) in [6.07, 6.45) is 7.29. The molecule has 0 heterocycles. The van der Waals surface area contributed by atoms with E-state index in [0.717, 1.165) is 37.0 Å². The monoisotopic (exact) mass is 404 g/mol. The Labute approximate surface area is 166 Å². The van der Waals surface area contributed by atoms with Crippen LogP contribution in [-0.4, -0.2) is 32.2 Å². The van der Waals surface area contributed by atoms with E-state index in [2.05, 4.69) is 10.0 Å². The molecular weight excluding hydrogens is 376 g/mol. The number of carbonyl (C=O) groups is 2. The maximum atomic E-state index is 12.5. The van der Waals surface area contributed by atoms with Gasteiger partial charge in [-0.3, -0.25) is 9.59 Å². The number of sulfonamides is 1. The third-order valence-corrected chi connectivity index (χ3v) is 8.10. The van der Waals surface area contributed by atoms with Crippen LogP contribution < -0.4 is 10.0 Å². The van der Waals surface area contributed by atoms with E-state index in [1.807, 2.05) is 0 Å². The molecule has 0 aliphatic heterocycles. The molecule has 5 rings (SSSR count). The minimum absolute atomic E-state index is 0.0432. The number of nitrogens with one attached hydrogen (secondary N) is 2. The van der Waals surface area contributed by atoms with Gasteiger partial charge in [-0.15, -0.1) is 0 Å². The molecule has 0 radical (unpaired) electrons. The third kappa shape index (κ3) is 4.01. The van der Waals surface area contributed by atoms with Crippen LogP contribution in [0.3, 0.4) is 0 Å². The van der Waals surface area contributed by atoms with Gasteiger partial charge < -0.3 is 5.32 Å². The molecule has 7 heteroatoms. The summed E-state index contributed by atoms with van der Waals surface area (Å²) >= 11 is 0. The number of Topliss-reactive ketones (excluding diaryl/α,β-unsaturated/α-hetero) is 1. The Morgan fingerprint density at radius 3 is 2.25 bits per heavy atom. The zero-order chi connectivity index (χ0) is 19.9. The SMILES string of the molecule is CC(=O)c1cccc(S(=O)(=O)NCCC(=O)NC23CC4CC(CC(C4)C2)C3)c1. The van der Waals surface area contributed by atoms with Crippen molar-refractivity contribution in [2.24, 2.45) is 17.8 Å². The molecule has 28 heavy (non-hydrogen) atoms. The van der Waals surface area contributed by atoms with Crippen molar-refractivity contribution in [3.05, 3.63) is 29.8 Å². The Hall–Kier alpha value is -1.73. The normalized spacial score (nSPS) is 31.0. The largest absolute Gasteiger partial charge is 0.351 e. The van der Waals surface area contributed by atoms with E-state index in [-0.39, 0.29) is 35.1 Å². The van der Waals surface area contributed by atoms with Crippen LogP contribution in [0.15, 0.2) is 29.2 Å². The van der Waals surface area contributed by atoms with Gasteiger partial charge in [0.1, 0.15) is 0 Å². The first-order valence-corrected chi connectivity index (χ1v) is 11.6. The molecule has 152 valence electrons. The Balaban J connectivity index is 1.32. The van der Waals surface area contributed by atoms with E-state index in [9.17, 15) is 18.0 Å². The maximum absolute atomic E-state index is 12.5. The summed E-state index contributed by atoms with van der Waals surface area (Å²) in [5.41, 5.74) is 0.294. The lowest BCUT2D eigenvalue weighted by atomic mass is 9.53. The second-order valence-electron chi connectivity index (χ2n) is 8.98. The quantitative estimate of drug-likeness (QED) is 0.684. The van der Waals surface area contributed by atoms with Crippen molar-refractivity contribution in [1.82, 2.24) is 10.0 Å². The van der Waals surface area contributed by atoms with Gasteiger partial charge in [0.2, 0.25) is 15.9 Å². The lowest BCUT2D eigenvalue weighted by Gasteiger charge is -2.56. The Morgan fingerprint density at radius 1 is 1.07 bits per heavy atom. The fraction of sp³-hybridized carbons (Fsp3) is 0.619. The second kappa shape index (κ2) is 7.26. The van der Waals surface area contributed by atoms with Crippen molar-refractivity contribution in [1.29, 1.82) is 0 Å². The molecule has 4 saturated carbocycles. The van der Waals surface area contributed by atoms with Crippen molar-refractivity contribution in [2.75, 3.05) is 6.54 Å². The van der Waals surface area contributed by atoms with E-state index < -0.39 is 10.0 Å². The van der Waals surface area contributed by atoms with Crippen molar-refractivity contribution >= 4 is 21.7 Å². The highest BCUT2D eigenvalue weighted by Crippen LogP contribution is 2.55. The molecule has 0 unspecified atom stereocenters. The Kier molecular flexibility index (Phi) is 5.08. The van der Waals surface area contributed by atoms with Crippen LogP contribution in [0, 0.1) is 17.8 Å². The van der Waals surface area contributed by atoms with Crippen LogP contribution in [-0.2, 0) is 14.8 Å². The zero-order valence-electron chi connectivity index (χ0n) is 16.2. The summed E-state index contributed by atoms with van der Waals surface area (Å²) in [4.78, 5) is 24.0. The van der Waals surface area contributed by atoms with Crippen molar-refractivity contribution in [3.8, 4) is 0 Å². The van der Waals surface area contributed by atoms with Crippen LogP contribution in [0.25, 0.3) is 0 Å². The van der Waals surface area contributed by atoms with Gasteiger partial charge in [0.05, 0.1) is 4.90 Å². The molecule has 1 amide bonds.